The van der Waals surface area contributed by atoms with E-state index in [1.165, 1.54) is 16.7 Å². The smallest absolute Gasteiger partial charge is 0.267 e. The number of aliphatic imine (C=N–C) groups is 1. The zero-order valence-electron chi connectivity index (χ0n) is 25.0. The molecule has 2 aromatic carbocycles. The van der Waals surface area contributed by atoms with Crippen LogP contribution in [0.15, 0.2) is 86.6 Å². The van der Waals surface area contributed by atoms with Crippen LogP contribution in [0.5, 0.6) is 0 Å². The Morgan fingerprint density at radius 2 is 1.88 bits per heavy atom. The third-order valence-electron chi connectivity index (χ3n) is 6.43. The fourth-order valence-corrected chi connectivity index (χ4v) is 6.75. The minimum Gasteiger partial charge on any atom is -0.384 e. The van der Waals surface area contributed by atoms with E-state index in [0.29, 0.717) is 41.1 Å². The second kappa shape index (κ2) is 15.1. The van der Waals surface area contributed by atoms with Gasteiger partial charge in [-0.3, -0.25) is 14.5 Å². The Hall–Kier alpha value is -3.47. The van der Waals surface area contributed by atoms with Crippen LogP contribution in [0.2, 0.25) is 0 Å². The van der Waals surface area contributed by atoms with E-state index in [1.54, 1.807) is 16.7 Å². The normalized spacial score (nSPS) is 21.0. The molecule has 8 nitrogen and oxygen atoms in total. The number of nitrogens with zero attached hydrogens (tertiary/aromatic N) is 4. The van der Waals surface area contributed by atoms with Gasteiger partial charge in [-0.25, -0.2) is 4.99 Å². The summed E-state index contributed by atoms with van der Waals surface area (Å²) in [5.41, 5.74) is 3.18. The zero-order chi connectivity index (χ0) is 30.1. The van der Waals surface area contributed by atoms with Crippen LogP contribution in [0, 0.1) is 0 Å². The highest BCUT2D eigenvalue weighted by atomic mass is 32.2. The van der Waals surface area contributed by atoms with Crippen molar-refractivity contribution in [2.75, 3.05) is 51.4 Å². The number of carbonyl (C=O) groups excluding carboxylic acids is 2. The second-order valence-corrected chi connectivity index (χ2v) is 12.8. The molecule has 0 atom stereocenters. The summed E-state index contributed by atoms with van der Waals surface area (Å²) in [4.78, 5) is 40.3. The van der Waals surface area contributed by atoms with Crippen molar-refractivity contribution in [3.8, 4) is 0 Å². The first-order chi connectivity index (χ1) is 20.2. The van der Waals surface area contributed by atoms with Gasteiger partial charge in [-0.15, -0.1) is 0 Å². The number of likely N-dealkylation sites (N-methyl/N-ethyl adjacent to an activating group) is 2. The summed E-state index contributed by atoms with van der Waals surface area (Å²) in [5.74, 6) is -0.152. The third-order valence-corrected chi connectivity index (χ3v) is 8.74. The third kappa shape index (κ3) is 8.77. The van der Waals surface area contributed by atoms with Gasteiger partial charge in [-0.2, -0.15) is 0 Å². The van der Waals surface area contributed by atoms with E-state index in [9.17, 15) is 9.59 Å². The number of allylic oxidation sites excluding steroid dienone is 3. The first-order valence-corrected chi connectivity index (χ1v) is 15.8. The van der Waals surface area contributed by atoms with E-state index < -0.39 is 0 Å². The van der Waals surface area contributed by atoms with Gasteiger partial charge in [0.1, 0.15) is 0 Å². The molecule has 2 aromatic rings. The molecule has 2 N–H and O–H groups in total. The van der Waals surface area contributed by atoms with E-state index >= 15 is 0 Å². The van der Waals surface area contributed by atoms with E-state index in [1.807, 2.05) is 81.5 Å². The van der Waals surface area contributed by atoms with Crippen molar-refractivity contribution in [3.63, 3.8) is 0 Å². The van der Waals surface area contributed by atoms with E-state index in [2.05, 4.69) is 40.8 Å². The van der Waals surface area contributed by atoms with Gasteiger partial charge in [0.05, 0.1) is 29.4 Å². The van der Waals surface area contributed by atoms with E-state index in [0.717, 1.165) is 29.0 Å². The Bertz CT molecular complexity index is 1400. The van der Waals surface area contributed by atoms with Gasteiger partial charge >= 0.3 is 0 Å². The average molecular weight is 605 g/mol. The first-order valence-electron chi connectivity index (χ1n) is 14.1. The molecule has 0 saturated carbocycles. The van der Waals surface area contributed by atoms with Crippen molar-refractivity contribution >= 4 is 57.6 Å². The molecule has 0 aliphatic carbocycles. The van der Waals surface area contributed by atoms with Crippen LogP contribution >= 0.6 is 23.5 Å². The van der Waals surface area contributed by atoms with Gasteiger partial charge in [0.25, 0.3) is 5.91 Å². The number of thioether (sulfide) groups is 2. The van der Waals surface area contributed by atoms with Crippen molar-refractivity contribution in [2.45, 2.75) is 33.2 Å². The van der Waals surface area contributed by atoms with Crippen molar-refractivity contribution in [2.24, 2.45) is 4.99 Å². The van der Waals surface area contributed by atoms with Crippen LogP contribution in [-0.2, 0) is 16.1 Å². The molecule has 0 radical (unpaired) electrons. The topological polar surface area (TPSA) is 80.3 Å². The van der Waals surface area contributed by atoms with E-state index in [4.69, 9.17) is 4.99 Å². The molecule has 1 saturated heterocycles. The molecule has 0 unspecified atom stereocenters. The molecule has 222 valence electrons. The molecule has 2 aliphatic heterocycles. The Balaban J connectivity index is 1.77. The number of benzene rings is 2. The SMILES string of the molecule is CCNc1ccc(NC(=O)CN(C)C)cc1N=C1S/C(=C2/CN(C)/C=C/CC/C=C(\C)S2)C(=O)N1Cc1ccccc1. The summed E-state index contributed by atoms with van der Waals surface area (Å²) in [5, 5.41) is 6.95. The summed E-state index contributed by atoms with van der Waals surface area (Å²) in [6, 6.07) is 15.6. The fraction of sp³-hybridized carbons (Fsp3) is 0.344. The van der Waals surface area contributed by atoms with Crippen molar-refractivity contribution < 1.29 is 9.59 Å². The van der Waals surface area contributed by atoms with Crippen molar-refractivity contribution in [1.29, 1.82) is 0 Å². The highest BCUT2D eigenvalue weighted by molar-refractivity contribution is 8.19. The van der Waals surface area contributed by atoms with Gasteiger partial charge < -0.3 is 20.4 Å². The minimum atomic E-state index is -0.104. The lowest BCUT2D eigenvalue weighted by molar-refractivity contribution is -0.122. The lowest BCUT2D eigenvalue weighted by Gasteiger charge is -2.19. The first kappa shape index (κ1) is 31.5. The number of hydrogen-bond acceptors (Lipinski definition) is 8. The molecule has 2 amide bonds. The Kier molecular flexibility index (Phi) is 11.3. The number of rotatable bonds is 8. The maximum atomic E-state index is 14.1. The van der Waals surface area contributed by atoms with Gasteiger partial charge in [0.2, 0.25) is 5.91 Å². The van der Waals surface area contributed by atoms with Gasteiger partial charge in [0, 0.05) is 30.7 Å². The number of amidine groups is 1. The predicted molar refractivity (Wildman–Crippen MR) is 179 cm³/mol. The summed E-state index contributed by atoms with van der Waals surface area (Å²) >= 11 is 3.09. The molecule has 4 rings (SSSR count). The molecular formula is C32H40N6O2S2. The van der Waals surface area contributed by atoms with Gasteiger partial charge in [-0.1, -0.05) is 54.2 Å². The van der Waals surface area contributed by atoms with Crippen LogP contribution in [0.25, 0.3) is 0 Å². The Morgan fingerprint density at radius 1 is 1.10 bits per heavy atom. The Morgan fingerprint density at radius 3 is 2.62 bits per heavy atom. The molecule has 0 aromatic heterocycles. The maximum Gasteiger partial charge on any atom is 0.267 e. The largest absolute Gasteiger partial charge is 0.384 e. The monoisotopic (exact) mass is 604 g/mol. The maximum absolute atomic E-state index is 14.1. The van der Waals surface area contributed by atoms with Crippen molar-refractivity contribution in [3.05, 3.63) is 87.2 Å². The van der Waals surface area contributed by atoms with Gasteiger partial charge in [0.15, 0.2) is 5.17 Å². The number of hydrogen-bond donors (Lipinski definition) is 2. The lowest BCUT2D eigenvalue weighted by atomic mass is 10.2. The molecule has 1 fully saturated rings. The van der Waals surface area contributed by atoms with Gasteiger partial charge in [-0.05, 0) is 87.4 Å². The average Bonchev–Trinajstić information content (AvgIpc) is 3.24. The second-order valence-electron chi connectivity index (χ2n) is 10.5. The van der Waals surface area contributed by atoms with Crippen LogP contribution in [0.4, 0.5) is 17.1 Å². The van der Waals surface area contributed by atoms with Crippen molar-refractivity contribution in [1.82, 2.24) is 14.7 Å². The molecule has 0 bridgehead atoms. The van der Waals surface area contributed by atoms with Crippen LogP contribution in [0.3, 0.4) is 0 Å². The van der Waals surface area contributed by atoms with Crippen LogP contribution in [0.1, 0.15) is 32.3 Å². The van der Waals surface area contributed by atoms with E-state index in [-0.39, 0.29) is 18.4 Å². The summed E-state index contributed by atoms with van der Waals surface area (Å²) in [6.07, 6.45) is 8.46. The number of carbonyl (C=O) groups is 2. The molecule has 42 heavy (non-hydrogen) atoms. The fourth-order valence-electron chi connectivity index (χ4n) is 4.50. The molecule has 0 spiro atoms. The summed E-state index contributed by atoms with van der Waals surface area (Å²) < 4.78 is 0. The number of anilines is 2. The molecule has 10 heteroatoms. The minimum absolute atomic E-state index is 0.0483. The molecule has 2 aliphatic rings. The Labute approximate surface area is 258 Å². The van der Waals surface area contributed by atoms with Crippen LogP contribution < -0.4 is 10.6 Å². The quantitative estimate of drug-likeness (QED) is 0.335. The number of nitrogens with one attached hydrogen (secondary N) is 2. The standard InChI is InChI=1S/C32H40N6O2S2/c1-6-33-26-17-16-25(34-29(39)22-36(3)4)19-27(26)35-32-38(20-24-14-10-7-11-15-24)31(40)30(42-32)28-21-37(5)18-12-8-9-13-23(2)41-28/h7,10-19,33H,6,8-9,20-22H2,1-5H3,(H,34,39)/b18-12+,23-13+,30-28-,35-32?. The number of amides is 2. The highest BCUT2D eigenvalue weighted by Gasteiger charge is 2.36. The molecular weight excluding hydrogens is 565 g/mol. The van der Waals surface area contributed by atoms with Crippen LogP contribution in [-0.4, -0.2) is 72.5 Å². The highest BCUT2D eigenvalue weighted by Crippen LogP contribution is 2.42. The summed E-state index contributed by atoms with van der Waals surface area (Å²) in [6.45, 7) is 6.16. The molecule has 2 heterocycles. The predicted octanol–water partition coefficient (Wildman–Crippen LogP) is 6.47. The zero-order valence-corrected chi connectivity index (χ0v) is 26.6. The summed E-state index contributed by atoms with van der Waals surface area (Å²) in [7, 11) is 5.75. The lowest BCUT2D eigenvalue weighted by Crippen LogP contribution is -2.29.